The third kappa shape index (κ3) is 2.27. The van der Waals surface area contributed by atoms with E-state index in [1.807, 2.05) is 12.1 Å². The van der Waals surface area contributed by atoms with E-state index in [1.54, 1.807) is 12.1 Å². The number of allylic oxidation sites excluding steroid dienone is 1. The number of hydrogen-bond acceptors (Lipinski definition) is 1. The average molecular weight is 237 g/mol. The maximum Gasteiger partial charge on any atom is 0.331 e. The molecule has 0 heterocycles. The lowest BCUT2D eigenvalue weighted by atomic mass is 9.87. The molecule has 0 aliphatic heterocycles. The Morgan fingerprint density at radius 1 is 1.12 bits per heavy atom. The first-order valence-corrected chi connectivity index (χ1v) is 5.77. The molecular formula is C13H13ClO2. The van der Waals surface area contributed by atoms with Crippen LogP contribution in [0.2, 0.25) is 5.02 Å². The Kier molecular flexibility index (Phi) is 3.30. The summed E-state index contributed by atoms with van der Waals surface area (Å²) in [6.45, 7) is 0. The van der Waals surface area contributed by atoms with E-state index >= 15 is 0 Å². The van der Waals surface area contributed by atoms with Crippen molar-refractivity contribution in [1.82, 2.24) is 0 Å². The van der Waals surface area contributed by atoms with Gasteiger partial charge in [-0.05, 0) is 49.0 Å². The highest BCUT2D eigenvalue weighted by molar-refractivity contribution is 6.30. The molecule has 0 amide bonds. The van der Waals surface area contributed by atoms with Crippen LogP contribution in [-0.2, 0) is 4.79 Å². The van der Waals surface area contributed by atoms with Crippen molar-refractivity contribution in [1.29, 1.82) is 0 Å². The number of benzene rings is 1. The molecule has 0 aromatic heterocycles. The average Bonchev–Trinajstić information content (AvgIpc) is 2.30. The highest BCUT2D eigenvalue weighted by atomic mass is 35.5. The van der Waals surface area contributed by atoms with Gasteiger partial charge >= 0.3 is 5.97 Å². The zero-order valence-electron chi connectivity index (χ0n) is 8.87. The zero-order valence-corrected chi connectivity index (χ0v) is 9.63. The molecule has 0 saturated carbocycles. The van der Waals surface area contributed by atoms with Gasteiger partial charge in [-0.2, -0.15) is 0 Å². The molecule has 1 aliphatic rings. The molecule has 2 rings (SSSR count). The number of rotatable bonds is 2. The Labute approximate surface area is 99.5 Å². The molecule has 0 fully saturated rings. The van der Waals surface area contributed by atoms with Gasteiger partial charge in [0.05, 0.1) is 0 Å². The van der Waals surface area contributed by atoms with Crippen molar-refractivity contribution in [2.45, 2.75) is 25.7 Å². The molecule has 1 N–H and O–H groups in total. The fourth-order valence-electron chi connectivity index (χ4n) is 2.11. The number of hydrogen-bond donors (Lipinski definition) is 1. The minimum atomic E-state index is -0.787. The van der Waals surface area contributed by atoms with Crippen LogP contribution in [0.3, 0.4) is 0 Å². The highest BCUT2D eigenvalue weighted by Crippen LogP contribution is 2.32. The first-order chi connectivity index (χ1) is 7.68. The number of carboxylic acids is 1. The van der Waals surface area contributed by atoms with Gasteiger partial charge in [-0.3, -0.25) is 0 Å². The Balaban J connectivity index is 2.43. The molecular weight excluding hydrogens is 224 g/mol. The van der Waals surface area contributed by atoms with Crippen LogP contribution in [0.25, 0.3) is 5.57 Å². The van der Waals surface area contributed by atoms with E-state index in [9.17, 15) is 4.79 Å². The van der Waals surface area contributed by atoms with E-state index < -0.39 is 5.97 Å². The predicted octanol–water partition coefficient (Wildman–Crippen LogP) is 3.75. The van der Waals surface area contributed by atoms with Crippen LogP contribution < -0.4 is 0 Å². The first kappa shape index (κ1) is 11.2. The summed E-state index contributed by atoms with van der Waals surface area (Å²) in [7, 11) is 0. The largest absolute Gasteiger partial charge is 0.478 e. The number of carboxylic acid groups (broad SMARTS) is 1. The van der Waals surface area contributed by atoms with Gasteiger partial charge in [0.15, 0.2) is 0 Å². The Hall–Kier alpha value is -1.28. The van der Waals surface area contributed by atoms with Crippen molar-refractivity contribution in [2.24, 2.45) is 0 Å². The lowest BCUT2D eigenvalue weighted by Crippen LogP contribution is -2.08. The Morgan fingerprint density at radius 3 is 2.38 bits per heavy atom. The van der Waals surface area contributed by atoms with Gasteiger partial charge < -0.3 is 5.11 Å². The minimum absolute atomic E-state index is 0.563. The topological polar surface area (TPSA) is 37.3 Å². The normalized spacial score (nSPS) is 16.3. The second-order valence-corrected chi connectivity index (χ2v) is 4.41. The zero-order chi connectivity index (χ0) is 11.5. The van der Waals surface area contributed by atoms with Crippen LogP contribution in [0.5, 0.6) is 0 Å². The summed E-state index contributed by atoms with van der Waals surface area (Å²) < 4.78 is 0. The van der Waals surface area contributed by atoms with E-state index in [2.05, 4.69) is 0 Å². The van der Waals surface area contributed by atoms with Gasteiger partial charge in [-0.1, -0.05) is 23.7 Å². The van der Waals surface area contributed by atoms with E-state index in [4.69, 9.17) is 16.7 Å². The third-order valence-electron chi connectivity index (χ3n) is 2.92. The quantitative estimate of drug-likeness (QED) is 0.849. The van der Waals surface area contributed by atoms with Crippen LogP contribution in [0.15, 0.2) is 29.8 Å². The lowest BCUT2D eigenvalue weighted by Gasteiger charge is -2.17. The minimum Gasteiger partial charge on any atom is -0.478 e. The van der Waals surface area contributed by atoms with Crippen molar-refractivity contribution in [3.8, 4) is 0 Å². The number of carbonyl (C=O) groups is 1. The summed E-state index contributed by atoms with van der Waals surface area (Å²) in [5.41, 5.74) is 2.52. The van der Waals surface area contributed by atoms with Crippen LogP contribution in [0.4, 0.5) is 0 Å². The van der Waals surface area contributed by atoms with Gasteiger partial charge in [0.1, 0.15) is 0 Å². The van der Waals surface area contributed by atoms with Gasteiger partial charge in [-0.25, -0.2) is 4.79 Å². The standard InChI is InChI=1S/C13H13ClO2/c14-10-7-5-9(6-8-10)11-3-1-2-4-12(11)13(15)16/h5-8H,1-4H2,(H,15,16). The first-order valence-electron chi connectivity index (χ1n) is 5.40. The maximum atomic E-state index is 11.1. The molecule has 0 bridgehead atoms. The summed E-state index contributed by atoms with van der Waals surface area (Å²) in [6.07, 6.45) is 3.56. The monoisotopic (exact) mass is 236 g/mol. The molecule has 0 spiro atoms. The van der Waals surface area contributed by atoms with Crippen LogP contribution in [0, 0.1) is 0 Å². The van der Waals surface area contributed by atoms with Gasteiger partial charge in [-0.15, -0.1) is 0 Å². The molecule has 1 aliphatic carbocycles. The summed E-state index contributed by atoms with van der Waals surface area (Å²) >= 11 is 5.82. The molecule has 0 saturated heterocycles. The third-order valence-corrected chi connectivity index (χ3v) is 3.17. The summed E-state index contributed by atoms with van der Waals surface area (Å²) in [4.78, 5) is 11.1. The Morgan fingerprint density at radius 2 is 1.75 bits per heavy atom. The molecule has 0 radical (unpaired) electrons. The van der Waals surface area contributed by atoms with Gasteiger partial charge in [0, 0.05) is 10.6 Å². The molecule has 1 aromatic carbocycles. The predicted molar refractivity (Wildman–Crippen MR) is 64.5 cm³/mol. The Bertz CT molecular complexity index is 432. The molecule has 84 valence electrons. The van der Waals surface area contributed by atoms with Crippen molar-refractivity contribution in [3.05, 3.63) is 40.4 Å². The number of halogens is 1. The van der Waals surface area contributed by atoms with Gasteiger partial charge in [0.25, 0.3) is 0 Å². The van der Waals surface area contributed by atoms with Crippen molar-refractivity contribution < 1.29 is 9.90 Å². The molecule has 16 heavy (non-hydrogen) atoms. The molecule has 1 aromatic rings. The summed E-state index contributed by atoms with van der Waals surface area (Å²) in [5.74, 6) is -0.787. The number of aliphatic carboxylic acids is 1. The smallest absolute Gasteiger partial charge is 0.331 e. The highest BCUT2D eigenvalue weighted by Gasteiger charge is 2.19. The van der Waals surface area contributed by atoms with Crippen molar-refractivity contribution in [3.63, 3.8) is 0 Å². The van der Waals surface area contributed by atoms with E-state index in [0.717, 1.165) is 30.4 Å². The van der Waals surface area contributed by atoms with Gasteiger partial charge in [0.2, 0.25) is 0 Å². The lowest BCUT2D eigenvalue weighted by molar-refractivity contribution is -0.132. The van der Waals surface area contributed by atoms with Crippen LogP contribution in [0.1, 0.15) is 31.2 Å². The SMILES string of the molecule is O=C(O)C1=C(c2ccc(Cl)cc2)CCCC1. The fraction of sp³-hybridized carbons (Fsp3) is 0.308. The van der Waals surface area contributed by atoms with E-state index in [-0.39, 0.29) is 0 Å². The second kappa shape index (κ2) is 4.71. The molecule has 2 nitrogen and oxygen atoms in total. The fourth-order valence-corrected chi connectivity index (χ4v) is 2.24. The van der Waals surface area contributed by atoms with Crippen molar-refractivity contribution >= 4 is 23.1 Å². The molecule has 0 unspecified atom stereocenters. The summed E-state index contributed by atoms with van der Waals surface area (Å²) in [6, 6.07) is 7.40. The maximum absolute atomic E-state index is 11.1. The van der Waals surface area contributed by atoms with E-state index in [0.29, 0.717) is 17.0 Å². The van der Waals surface area contributed by atoms with Crippen LogP contribution >= 0.6 is 11.6 Å². The molecule has 3 heteroatoms. The second-order valence-electron chi connectivity index (χ2n) is 3.98. The van der Waals surface area contributed by atoms with Crippen LogP contribution in [-0.4, -0.2) is 11.1 Å². The summed E-state index contributed by atoms with van der Waals surface area (Å²) in [5, 5.41) is 9.82. The van der Waals surface area contributed by atoms with Crippen molar-refractivity contribution in [2.75, 3.05) is 0 Å². The molecule has 0 atom stereocenters. The van der Waals surface area contributed by atoms with E-state index in [1.165, 1.54) is 0 Å².